The van der Waals surface area contributed by atoms with Crippen molar-refractivity contribution >= 4 is 24.7 Å². The van der Waals surface area contributed by atoms with Crippen molar-refractivity contribution in [1.82, 2.24) is 15.0 Å². The van der Waals surface area contributed by atoms with Gasteiger partial charge in [-0.05, 0) is 45.5 Å². The Morgan fingerprint density at radius 1 is 1.20 bits per heavy atom. The minimum atomic E-state index is -0.0598. The second-order valence-corrected chi connectivity index (χ2v) is 9.86. The van der Waals surface area contributed by atoms with Crippen LogP contribution in [0.5, 0.6) is 0 Å². The number of hydrogen-bond acceptors (Lipinski definition) is 6. The Kier molecular flexibility index (Phi) is 11.4. The van der Waals surface area contributed by atoms with E-state index in [-0.39, 0.29) is 11.0 Å². The molecule has 0 aliphatic carbocycles. The highest BCUT2D eigenvalue weighted by Crippen LogP contribution is 2.27. The minimum Gasteiger partial charge on any atom is -0.376 e. The first-order chi connectivity index (χ1) is 11.5. The fourth-order valence-corrected chi connectivity index (χ4v) is 3.23. The maximum absolute atomic E-state index is 6.69. The Morgan fingerprint density at radius 3 is 2.32 bits per heavy atom. The molecule has 5 nitrogen and oxygen atoms in total. The van der Waals surface area contributed by atoms with E-state index in [1.807, 2.05) is 16.4 Å². The summed E-state index contributed by atoms with van der Waals surface area (Å²) in [5.74, 6) is 1.51. The molecule has 0 bridgehead atoms. The van der Waals surface area contributed by atoms with Crippen LogP contribution in [-0.2, 0) is 16.0 Å². The summed E-state index contributed by atoms with van der Waals surface area (Å²) in [5, 5.41) is 9.23. The number of thioether (sulfide) groups is 1. The van der Waals surface area contributed by atoms with E-state index >= 15 is 0 Å². The first-order valence-corrected chi connectivity index (χ1v) is 10.3. The smallest absolute Gasteiger partial charge is 0.0884 e. The van der Waals surface area contributed by atoms with Crippen LogP contribution in [0.1, 0.15) is 73.9 Å². The molecule has 0 atom stereocenters. The summed E-state index contributed by atoms with van der Waals surface area (Å²) in [4.78, 5) is 0. The van der Waals surface area contributed by atoms with Crippen molar-refractivity contribution in [1.29, 1.82) is 0 Å². The highest BCUT2D eigenvalue weighted by atomic mass is 32.2. The van der Waals surface area contributed by atoms with Gasteiger partial charge in [-0.15, -0.1) is 16.9 Å². The Bertz CT molecular complexity index is 475. The molecule has 1 aromatic heterocycles. The summed E-state index contributed by atoms with van der Waals surface area (Å²) in [5.41, 5.74) is 0.969. The van der Waals surface area contributed by atoms with E-state index < -0.39 is 0 Å². The topological polar surface area (TPSA) is 60.2 Å². The van der Waals surface area contributed by atoms with Gasteiger partial charge in [-0.3, -0.25) is 0 Å². The number of ether oxygens (including phenoxy) is 1. The van der Waals surface area contributed by atoms with Crippen molar-refractivity contribution in [2.24, 2.45) is 5.92 Å². The van der Waals surface area contributed by atoms with Gasteiger partial charge in [0.05, 0.1) is 17.2 Å². The molecule has 0 aliphatic heterocycles. The SMILES string of the molecule is CC(C)CC(C)(C)OCCC(C)(C)c1cn(CSC(C)C)nn1.OS. The van der Waals surface area contributed by atoms with E-state index in [9.17, 15) is 0 Å². The summed E-state index contributed by atoms with van der Waals surface area (Å²) in [7, 11) is 0. The zero-order valence-corrected chi connectivity index (χ0v) is 18.8. The fraction of sp³-hybridized carbons (Fsp3) is 0.889. The number of aromatic nitrogens is 3. The highest BCUT2D eigenvalue weighted by molar-refractivity contribution is 7.98. The lowest BCUT2D eigenvalue weighted by Gasteiger charge is -2.29. The monoisotopic (exact) mass is 391 g/mol. The first kappa shape index (κ1) is 24.8. The van der Waals surface area contributed by atoms with Crippen LogP contribution in [0.15, 0.2) is 6.20 Å². The molecule has 0 aromatic carbocycles. The molecule has 0 spiro atoms. The van der Waals surface area contributed by atoms with E-state index in [0.29, 0.717) is 11.2 Å². The predicted molar refractivity (Wildman–Crippen MR) is 111 cm³/mol. The number of rotatable bonds is 10. The van der Waals surface area contributed by atoms with Crippen LogP contribution in [0, 0.1) is 5.92 Å². The van der Waals surface area contributed by atoms with Gasteiger partial charge < -0.3 is 9.29 Å². The summed E-state index contributed by atoms with van der Waals surface area (Å²) >= 11 is 4.40. The van der Waals surface area contributed by atoms with Gasteiger partial charge in [0.1, 0.15) is 0 Å². The molecule has 0 radical (unpaired) electrons. The molecule has 0 saturated carbocycles. The van der Waals surface area contributed by atoms with Crippen molar-refractivity contribution in [3.63, 3.8) is 0 Å². The molecule has 1 heterocycles. The Labute approximate surface area is 163 Å². The average Bonchev–Trinajstić information content (AvgIpc) is 2.95. The Morgan fingerprint density at radius 2 is 1.80 bits per heavy atom. The van der Waals surface area contributed by atoms with Crippen molar-refractivity contribution in [2.75, 3.05) is 6.61 Å². The molecule has 148 valence electrons. The average molecular weight is 392 g/mol. The van der Waals surface area contributed by atoms with Crippen LogP contribution >= 0.6 is 24.7 Å². The standard InChI is InChI=1S/C18H35N3OS.H2OS/c1-14(2)11-18(7,8)22-10-9-17(5,6)16-12-21(20-19-16)13-23-15(3)4;1-2/h12,14-15H,9-11,13H2,1-8H3;1-2H. The normalized spacial score (nSPS) is 12.5. The summed E-state index contributed by atoms with van der Waals surface area (Å²) in [6.45, 7) is 18.4. The fourth-order valence-electron chi connectivity index (χ4n) is 2.65. The van der Waals surface area contributed by atoms with Crippen LogP contribution in [-0.4, -0.2) is 37.0 Å². The van der Waals surface area contributed by atoms with Gasteiger partial charge in [-0.1, -0.05) is 46.8 Å². The van der Waals surface area contributed by atoms with Crippen LogP contribution < -0.4 is 0 Å². The third-order valence-electron chi connectivity index (χ3n) is 3.89. The molecule has 25 heavy (non-hydrogen) atoms. The van der Waals surface area contributed by atoms with E-state index in [2.05, 4.69) is 84.8 Å². The quantitative estimate of drug-likeness (QED) is 0.420. The third kappa shape index (κ3) is 10.5. The van der Waals surface area contributed by atoms with E-state index in [0.717, 1.165) is 31.0 Å². The number of thiol groups is 1. The van der Waals surface area contributed by atoms with Gasteiger partial charge in [-0.25, -0.2) is 4.68 Å². The van der Waals surface area contributed by atoms with Gasteiger partial charge in [-0.2, -0.15) is 0 Å². The van der Waals surface area contributed by atoms with Crippen LogP contribution in [0.4, 0.5) is 0 Å². The number of nitrogens with zero attached hydrogens (tertiary/aromatic N) is 3. The van der Waals surface area contributed by atoms with Gasteiger partial charge in [0.15, 0.2) is 0 Å². The van der Waals surface area contributed by atoms with Gasteiger partial charge >= 0.3 is 0 Å². The lowest BCUT2D eigenvalue weighted by molar-refractivity contribution is -0.0372. The maximum atomic E-state index is 6.69. The van der Waals surface area contributed by atoms with Gasteiger partial charge in [0.2, 0.25) is 0 Å². The first-order valence-electron chi connectivity index (χ1n) is 8.88. The lowest BCUT2D eigenvalue weighted by atomic mass is 9.86. The summed E-state index contributed by atoms with van der Waals surface area (Å²) < 4.78 is 14.8. The molecule has 0 unspecified atom stereocenters. The molecular weight excluding hydrogens is 354 g/mol. The van der Waals surface area contributed by atoms with E-state index in [1.54, 1.807) is 0 Å². The summed E-state index contributed by atoms with van der Waals surface area (Å²) in [6.07, 6.45) is 4.11. The molecule has 1 rings (SSSR count). The van der Waals surface area contributed by atoms with Crippen molar-refractivity contribution in [3.8, 4) is 0 Å². The second-order valence-electron chi connectivity index (χ2n) is 8.33. The molecule has 0 saturated heterocycles. The molecule has 7 heteroatoms. The van der Waals surface area contributed by atoms with Gasteiger partial charge in [0.25, 0.3) is 0 Å². The Hall–Kier alpha value is -0.240. The van der Waals surface area contributed by atoms with Gasteiger partial charge in [0, 0.05) is 23.5 Å². The van der Waals surface area contributed by atoms with E-state index in [4.69, 9.17) is 9.29 Å². The molecule has 1 aromatic rings. The van der Waals surface area contributed by atoms with E-state index in [1.165, 1.54) is 0 Å². The zero-order chi connectivity index (χ0) is 19.7. The Balaban J connectivity index is 0.00000277. The predicted octanol–water partition coefficient (Wildman–Crippen LogP) is 5.28. The second kappa shape index (κ2) is 11.5. The molecule has 0 aliphatic rings. The molecule has 1 N–H and O–H groups in total. The number of hydrogen-bond donors (Lipinski definition) is 2. The third-order valence-corrected chi connectivity index (χ3v) is 4.97. The van der Waals surface area contributed by atoms with Crippen molar-refractivity contribution in [2.45, 2.75) is 90.4 Å². The van der Waals surface area contributed by atoms with Crippen molar-refractivity contribution < 1.29 is 9.29 Å². The van der Waals surface area contributed by atoms with Crippen LogP contribution in [0.2, 0.25) is 0 Å². The molecule has 0 fully saturated rings. The van der Waals surface area contributed by atoms with Crippen LogP contribution in [0.25, 0.3) is 0 Å². The largest absolute Gasteiger partial charge is 0.376 e. The van der Waals surface area contributed by atoms with Crippen LogP contribution in [0.3, 0.4) is 0 Å². The molecule has 0 amide bonds. The maximum Gasteiger partial charge on any atom is 0.0884 e. The summed E-state index contributed by atoms with van der Waals surface area (Å²) in [6, 6.07) is 0. The zero-order valence-electron chi connectivity index (χ0n) is 17.1. The minimum absolute atomic E-state index is 0.0192. The lowest BCUT2D eigenvalue weighted by Crippen LogP contribution is -2.29. The van der Waals surface area contributed by atoms with Crippen molar-refractivity contribution in [3.05, 3.63) is 11.9 Å². The highest BCUT2D eigenvalue weighted by Gasteiger charge is 2.26. The molecular formula is C18H37N3O2S2.